The topological polar surface area (TPSA) is 102 Å². The van der Waals surface area contributed by atoms with Gasteiger partial charge in [-0.3, -0.25) is 9.59 Å². The van der Waals surface area contributed by atoms with Gasteiger partial charge < -0.3 is 34.2 Å². The lowest BCUT2D eigenvalue weighted by molar-refractivity contribution is -0.138. The normalized spacial score (nSPS) is 15.9. The molecule has 0 saturated carbocycles. The van der Waals surface area contributed by atoms with Crippen molar-refractivity contribution >= 4 is 41.5 Å². The van der Waals surface area contributed by atoms with Gasteiger partial charge in [0.1, 0.15) is 23.8 Å². The summed E-state index contributed by atoms with van der Waals surface area (Å²) >= 11 is 6.56. The molecule has 9 nitrogen and oxygen atoms in total. The van der Waals surface area contributed by atoms with Crippen LogP contribution in [0.5, 0.6) is 11.5 Å². The molecular weight excluding hydrogens is 684 g/mol. The van der Waals surface area contributed by atoms with E-state index < -0.39 is 23.9 Å². The molecule has 2 N–H and O–H groups in total. The van der Waals surface area contributed by atoms with E-state index in [1.165, 1.54) is 6.07 Å². The van der Waals surface area contributed by atoms with Crippen molar-refractivity contribution in [3.63, 3.8) is 0 Å². The maximum Gasteiger partial charge on any atom is 0.256 e. The monoisotopic (exact) mass is 727 g/mol. The van der Waals surface area contributed by atoms with Crippen LogP contribution >= 0.6 is 24.0 Å². The quantitative estimate of drug-likeness (QED) is 0.129. The summed E-state index contributed by atoms with van der Waals surface area (Å²) in [5.74, 6) is 0.577. The maximum atomic E-state index is 14.3. The van der Waals surface area contributed by atoms with Crippen molar-refractivity contribution in [3.8, 4) is 11.5 Å². The summed E-state index contributed by atoms with van der Waals surface area (Å²) < 4.78 is 38.3. The molecule has 2 atom stereocenters. The highest BCUT2D eigenvalue weighted by atomic mass is 35.5. The fraction of sp³-hybridized carbons (Fsp3) is 0.368. The number of methoxy groups -OCH3 is 1. The minimum Gasteiger partial charge on any atom is -0.492 e. The summed E-state index contributed by atoms with van der Waals surface area (Å²) in [5.41, 5.74) is 1.94. The van der Waals surface area contributed by atoms with Gasteiger partial charge in [-0.05, 0) is 60.8 Å². The van der Waals surface area contributed by atoms with Gasteiger partial charge in [-0.25, -0.2) is 4.39 Å². The minimum atomic E-state index is -1.17. The third-order valence-electron chi connectivity index (χ3n) is 7.97. The minimum absolute atomic E-state index is 0. The molecule has 0 fully saturated rings. The highest BCUT2D eigenvalue weighted by Crippen LogP contribution is 2.45. The van der Waals surface area contributed by atoms with Crippen LogP contribution in [0.25, 0.3) is 0 Å². The first kappa shape index (κ1) is 38.7. The van der Waals surface area contributed by atoms with Gasteiger partial charge in [0, 0.05) is 40.5 Å². The van der Waals surface area contributed by atoms with E-state index in [4.69, 9.17) is 30.2 Å². The number of nitrogens with one attached hydrogen (secondary N) is 2. The highest BCUT2D eigenvalue weighted by molar-refractivity contribution is 6.30. The maximum absolute atomic E-state index is 14.3. The molecule has 0 spiro atoms. The molecule has 2 amide bonds. The number of fused-ring (bicyclic) bond motifs is 1. The van der Waals surface area contributed by atoms with Crippen LogP contribution in [0.1, 0.15) is 62.2 Å². The first-order valence-electron chi connectivity index (χ1n) is 16.3. The summed E-state index contributed by atoms with van der Waals surface area (Å²) in [7, 11) is 1.55. The second-order valence-electron chi connectivity index (χ2n) is 13.1. The van der Waals surface area contributed by atoms with Gasteiger partial charge in [-0.15, -0.1) is 12.4 Å². The first-order chi connectivity index (χ1) is 23.5. The zero-order valence-corrected chi connectivity index (χ0v) is 30.2. The lowest BCUT2D eigenvalue weighted by Crippen LogP contribution is -2.45. The van der Waals surface area contributed by atoms with Crippen molar-refractivity contribution < 1.29 is 32.6 Å². The van der Waals surface area contributed by atoms with Gasteiger partial charge in [-0.1, -0.05) is 62.7 Å². The van der Waals surface area contributed by atoms with Crippen LogP contribution in [0.15, 0.2) is 83.5 Å². The Kier molecular flexibility index (Phi) is 13.7. The summed E-state index contributed by atoms with van der Waals surface area (Å²) in [5, 5.41) is 6.54. The lowest BCUT2D eigenvalue weighted by Gasteiger charge is -2.31. The van der Waals surface area contributed by atoms with Crippen molar-refractivity contribution in [2.75, 3.05) is 31.7 Å². The van der Waals surface area contributed by atoms with Crippen LogP contribution < -0.4 is 25.0 Å². The highest BCUT2D eigenvalue weighted by Gasteiger charge is 2.40. The fourth-order valence-electron chi connectivity index (χ4n) is 5.73. The van der Waals surface area contributed by atoms with E-state index in [2.05, 4.69) is 10.6 Å². The van der Waals surface area contributed by atoms with Crippen molar-refractivity contribution in [2.45, 2.75) is 58.9 Å². The van der Waals surface area contributed by atoms with Crippen LogP contribution in [0, 0.1) is 11.2 Å². The van der Waals surface area contributed by atoms with Crippen LogP contribution in [-0.2, 0) is 27.4 Å². The summed E-state index contributed by atoms with van der Waals surface area (Å²) in [6.07, 6.45) is 0.0734. The predicted octanol–water partition coefficient (Wildman–Crippen LogP) is 7.64. The number of furan rings is 1. The fourth-order valence-corrected chi connectivity index (χ4v) is 5.92. The molecule has 2 unspecified atom stereocenters. The second kappa shape index (κ2) is 17.7. The van der Waals surface area contributed by atoms with Crippen LogP contribution in [0.4, 0.5) is 10.1 Å². The number of carbonyl (C=O) groups excluding carboxylic acids is 2. The molecule has 0 saturated heterocycles. The number of hydrogen-bond donors (Lipinski definition) is 2. The van der Waals surface area contributed by atoms with Gasteiger partial charge in [0.05, 0.1) is 32.9 Å². The van der Waals surface area contributed by atoms with Crippen molar-refractivity contribution in [3.05, 3.63) is 112 Å². The van der Waals surface area contributed by atoms with Crippen LogP contribution in [0.3, 0.4) is 0 Å². The Balaban J connectivity index is 0.00000562. The third-order valence-corrected chi connectivity index (χ3v) is 8.21. The number of amides is 2. The molecular formula is C38H44Cl2FN3O6. The average Bonchev–Trinajstić information content (AvgIpc) is 3.56. The molecule has 1 aliphatic rings. The third kappa shape index (κ3) is 10.0. The Morgan fingerprint density at radius 2 is 1.82 bits per heavy atom. The molecule has 2 heterocycles. The van der Waals surface area contributed by atoms with Crippen molar-refractivity contribution in [1.82, 2.24) is 10.6 Å². The van der Waals surface area contributed by atoms with Gasteiger partial charge >= 0.3 is 0 Å². The number of nitrogens with zero attached hydrogens (tertiary/aromatic N) is 1. The van der Waals surface area contributed by atoms with E-state index in [0.717, 1.165) is 12.2 Å². The molecule has 0 radical (unpaired) electrons. The Bertz CT molecular complexity index is 1730. The number of benzene rings is 3. The van der Waals surface area contributed by atoms with Crippen LogP contribution in [0.2, 0.25) is 5.02 Å². The molecule has 3 aromatic carbocycles. The van der Waals surface area contributed by atoms with Gasteiger partial charge in [0.25, 0.3) is 5.91 Å². The first-order valence-corrected chi connectivity index (χ1v) is 16.7. The summed E-state index contributed by atoms with van der Waals surface area (Å²) in [6.45, 7) is 8.19. The van der Waals surface area contributed by atoms with Crippen LogP contribution in [-0.4, -0.2) is 44.7 Å². The average molecular weight is 729 g/mol. The van der Waals surface area contributed by atoms with Crippen molar-refractivity contribution in [1.29, 1.82) is 0 Å². The predicted molar refractivity (Wildman–Crippen MR) is 194 cm³/mol. The molecule has 12 heteroatoms. The van der Waals surface area contributed by atoms with Gasteiger partial charge in [-0.2, -0.15) is 0 Å². The number of rotatable bonds is 14. The Labute approximate surface area is 303 Å². The van der Waals surface area contributed by atoms with Crippen molar-refractivity contribution in [2.24, 2.45) is 5.41 Å². The number of ether oxygens (including phenoxy) is 3. The largest absolute Gasteiger partial charge is 0.492 e. The molecule has 50 heavy (non-hydrogen) atoms. The number of carbonyl (C=O) groups is 2. The molecule has 5 rings (SSSR count). The summed E-state index contributed by atoms with van der Waals surface area (Å²) in [6, 6.07) is 20.8. The molecule has 0 aliphatic carbocycles. The van der Waals surface area contributed by atoms with E-state index in [1.54, 1.807) is 54.7 Å². The molecule has 1 aliphatic heterocycles. The molecule has 1 aromatic heterocycles. The number of para-hydroxylation sites is 1. The molecule has 4 aromatic rings. The van der Waals surface area contributed by atoms with Gasteiger partial charge in [0.2, 0.25) is 5.91 Å². The number of anilines is 1. The zero-order valence-electron chi connectivity index (χ0n) is 28.7. The van der Waals surface area contributed by atoms with E-state index in [9.17, 15) is 14.0 Å². The zero-order chi connectivity index (χ0) is 35.0. The Hall–Kier alpha value is -4.09. The molecule has 268 valence electrons. The summed E-state index contributed by atoms with van der Waals surface area (Å²) in [4.78, 5) is 29.3. The second-order valence-corrected chi connectivity index (χ2v) is 13.5. The molecule has 0 bridgehead atoms. The standard InChI is InChI=1S/C38H43ClFN3O6.ClH/c1-38(2,3)24-43-31-16-15-26(39)20-29(31)35(49-33(37(43)45)21-34(44)42-22-25-10-5-6-13-30(25)40)28-12-7-14-32(36(28)46-4)48-19-9-17-41-23-27-11-8-18-47-27;/h5-8,10-16,18,20,33,35,41H,9,17,19,21-24H2,1-4H3,(H,42,44);1H. The van der Waals surface area contributed by atoms with E-state index in [0.29, 0.717) is 65.1 Å². The van der Waals surface area contributed by atoms with E-state index in [-0.39, 0.29) is 36.7 Å². The van der Waals surface area contributed by atoms with E-state index in [1.807, 2.05) is 51.1 Å². The number of hydrogen-bond acceptors (Lipinski definition) is 7. The lowest BCUT2D eigenvalue weighted by atomic mass is 9.94. The SMILES string of the molecule is COc1c(OCCCNCc2ccco2)cccc1C1OC(CC(=O)NCc2ccccc2F)C(=O)N(CC(C)(C)C)c2ccc(Cl)cc21.Cl. The Morgan fingerprint density at radius 1 is 1.02 bits per heavy atom. The smallest absolute Gasteiger partial charge is 0.256 e. The van der Waals surface area contributed by atoms with Gasteiger partial charge in [0.15, 0.2) is 11.5 Å². The Morgan fingerprint density at radius 3 is 2.54 bits per heavy atom. The number of halogens is 3. The van der Waals surface area contributed by atoms with E-state index >= 15 is 0 Å².